The van der Waals surface area contributed by atoms with Crippen molar-refractivity contribution in [2.24, 2.45) is 21.1 Å². The van der Waals surface area contributed by atoms with Gasteiger partial charge < -0.3 is 0 Å². The fourth-order valence-electron chi connectivity index (χ4n) is 3.33. The molecule has 0 amide bonds. The predicted molar refractivity (Wildman–Crippen MR) is 87.4 cm³/mol. The summed E-state index contributed by atoms with van der Waals surface area (Å²) in [5, 5.41) is 4.25. The number of rotatable bonds is 3. The summed E-state index contributed by atoms with van der Waals surface area (Å²) in [7, 11) is 5.21. The van der Waals surface area contributed by atoms with Crippen molar-refractivity contribution in [1.29, 1.82) is 0 Å². The molecule has 7 nitrogen and oxygen atoms in total. The minimum atomic E-state index is -0.266. The van der Waals surface area contributed by atoms with Crippen LogP contribution in [-0.2, 0) is 27.7 Å². The molecule has 0 unspecified atom stereocenters. The summed E-state index contributed by atoms with van der Waals surface area (Å²) in [5.41, 5.74) is 1.55. The summed E-state index contributed by atoms with van der Waals surface area (Å²) in [6.45, 7) is 2.55. The summed E-state index contributed by atoms with van der Waals surface area (Å²) < 4.78 is 4.65. The smallest absolute Gasteiger partial charge is 0.299 e. The Bertz CT molecular complexity index is 809. The third-order valence-electron chi connectivity index (χ3n) is 4.88. The van der Waals surface area contributed by atoms with Crippen LogP contribution in [0.15, 0.2) is 27.9 Å². The van der Waals surface area contributed by atoms with E-state index in [0.29, 0.717) is 12.5 Å². The molecule has 2 aromatic rings. The standard InChI is InChI=1S/C16H23N5O2/c1-18-13(10-15(22)19(2)16(18)23)11-21-8-5-12(6-9-21)14-4-7-17-20(14)3/h4,7,10,12H,5-6,8-9,11H2,1-3H3. The van der Waals surface area contributed by atoms with Crippen LogP contribution in [0.3, 0.4) is 0 Å². The summed E-state index contributed by atoms with van der Waals surface area (Å²) in [4.78, 5) is 26.1. The van der Waals surface area contributed by atoms with E-state index in [-0.39, 0.29) is 11.2 Å². The molecule has 1 aliphatic rings. The largest absolute Gasteiger partial charge is 0.330 e. The third kappa shape index (κ3) is 3.01. The molecule has 23 heavy (non-hydrogen) atoms. The maximum absolute atomic E-state index is 12.0. The lowest BCUT2D eigenvalue weighted by atomic mass is 9.93. The van der Waals surface area contributed by atoms with Gasteiger partial charge in [0, 0.05) is 57.3 Å². The molecule has 124 valence electrons. The summed E-state index contributed by atoms with van der Waals surface area (Å²) in [6.07, 6.45) is 3.98. The number of likely N-dealkylation sites (tertiary alicyclic amines) is 1. The van der Waals surface area contributed by atoms with E-state index >= 15 is 0 Å². The minimum absolute atomic E-state index is 0.243. The van der Waals surface area contributed by atoms with E-state index in [1.54, 1.807) is 17.7 Å². The molecular formula is C16H23N5O2. The maximum atomic E-state index is 12.0. The van der Waals surface area contributed by atoms with Gasteiger partial charge in [0.2, 0.25) is 0 Å². The average molecular weight is 317 g/mol. The van der Waals surface area contributed by atoms with Crippen LogP contribution in [-0.4, -0.2) is 36.9 Å². The van der Waals surface area contributed by atoms with Crippen LogP contribution >= 0.6 is 0 Å². The molecule has 3 rings (SSSR count). The van der Waals surface area contributed by atoms with Gasteiger partial charge in [0.15, 0.2) is 0 Å². The zero-order chi connectivity index (χ0) is 16.6. The highest BCUT2D eigenvalue weighted by atomic mass is 16.2. The molecule has 0 atom stereocenters. The first-order valence-corrected chi connectivity index (χ1v) is 7.93. The molecular weight excluding hydrogens is 294 g/mol. The Morgan fingerprint density at radius 3 is 2.43 bits per heavy atom. The van der Waals surface area contributed by atoms with E-state index in [0.717, 1.165) is 36.2 Å². The fraction of sp³-hybridized carbons (Fsp3) is 0.562. The normalized spacial score (nSPS) is 16.8. The van der Waals surface area contributed by atoms with Crippen molar-refractivity contribution in [1.82, 2.24) is 23.8 Å². The zero-order valence-electron chi connectivity index (χ0n) is 13.9. The average Bonchev–Trinajstić information content (AvgIpc) is 2.97. The monoisotopic (exact) mass is 317 g/mol. The van der Waals surface area contributed by atoms with Crippen LogP contribution in [0, 0.1) is 0 Å². The molecule has 0 N–H and O–H groups in total. The van der Waals surface area contributed by atoms with E-state index in [1.807, 2.05) is 17.9 Å². The van der Waals surface area contributed by atoms with Gasteiger partial charge in [0.05, 0.1) is 0 Å². The Morgan fingerprint density at radius 1 is 1.13 bits per heavy atom. The van der Waals surface area contributed by atoms with Gasteiger partial charge in [-0.3, -0.25) is 23.5 Å². The van der Waals surface area contributed by atoms with Gasteiger partial charge in [0.25, 0.3) is 5.56 Å². The third-order valence-corrected chi connectivity index (χ3v) is 4.88. The van der Waals surface area contributed by atoms with Crippen molar-refractivity contribution < 1.29 is 0 Å². The first-order chi connectivity index (χ1) is 11.0. The quantitative estimate of drug-likeness (QED) is 0.811. The Hall–Kier alpha value is -2.15. The number of aryl methyl sites for hydroxylation is 1. The molecule has 1 saturated heterocycles. The second-order valence-electron chi connectivity index (χ2n) is 6.30. The Morgan fingerprint density at radius 2 is 1.83 bits per heavy atom. The van der Waals surface area contributed by atoms with Gasteiger partial charge in [-0.1, -0.05) is 0 Å². The highest BCUT2D eigenvalue weighted by Crippen LogP contribution is 2.27. The number of piperidine rings is 1. The molecule has 0 aromatic carbocycles. The highest BCUT2D eigenvalue weighted by molar-refractivity contribution is 5.09. The van der Waals surface area contributed by atoms with Gasteiger partial charge in [-0.05, 0) is 32.0 Å². The molecule has 7 heteroatoms. The van der Waals surface area contributed by atoms with E-state index in [9.17, 15) is 9.59 Å². The lowest BCUT2D eigenvalue weighted by molar-refractivity contribution is 0.197. The summed E-state index contributed by atoms with van der Waals surface area (Å²) in [5.74, 6) is 0.534. The lowest BCUT2D eigenvalue weighted by Gasteiger charge is -2.32. The SMILES string of the molecule is Cn1nccc1C1CCN(Cc2cc(=O)n(C)c(=O)n2C)CC1. The van der Waals surface area contributed by atoms with Crippen LogP contribution in [0.2, 0.25) is 0 Å². The zero-order valence-corrected chi connectivity index (χ0v) is 13.9. The highest BCUT2D eigenvalue weighted by Gasteiger charge is 2.23. The van der Waals surface area contributed by atoms with Crippen molar-refractivity contribution in [2.45, 2.75) is 25.3 Å². The molecule has 0 spiro atoms. The second kappa shape index (κ2) is 6.16. The Kier molecular flexibility index (Phi) is 4.21. The number of hydrogen-bond donors (Lipinski definition) is 0. The maximum Gasteiger partial charge on any atom is 0.330 e. The van der Waals surface area contributed by atoms with Crippen molar-refractivity contribution in [2.75, 3.05) is 13.1 Å². The van der Waals surface area contributed by atoms with Crippen molar-refractivity contribution in [3.63, 3.8) is 0 Å². The first-order valence-electron chi connectivity index (χ1n) is 7.93. The topological polar surface area (TPSA) is 65.1 Å². The number of nitrogens with zero attached hydrogens (tertiary/aromatic N) is 5. The first kappa shape index (κ1) is 15.7. The molecule has 0 radical (unpaired) electrons. The molecule has 0 bridgehead atoms. The molecule has 1 fully saturated rings. The molecule has 3 heterocycles. The predicted octanol–water partition coefficient (Wildman–Crippen LogP) is 0.197. The van der Waals surface area contributed by atoms with Crippen LogP contribution in [0.4, 0.5) is 0 Å². The van der Waals surface area contributed by atoms with Gasteiger partial charge >= 0.3 is 5.69 Å². The van der Waals surface area contributed by atoms with Crippen molar-refractivity contribution >= 4 is 0 Å². The molecule has 0 saturated carbocycles. The molecule has 1 aliphatic heterocycles. The van der Waals surface area contributed by atoms with Crippen molar-refractivity contribution in [3.8, 4) is 0 Å². The number of hydrogen-bond acceptors (Lipinski definition) is 4. The van der Waals surface area contributed by atoms with E-state index in [4.69, 9.17) is 0 Å². The van der Waals surface area contributed by atoms with Crippen LogP contribution in [0.1, 0.15) is 30.1 Å². The van der Waals surface area contributed by atoms with Crippen molar-refractivity contribution in [3.05, 3.63) is 50.6 Å². The lowest BCUT2D eigenvalue weighted by Crippen LogP contribution is -2.40. The second-order valence-corrected chi connectivity index (χ2v) is 6.30. The van der Waals surface area contributed by atoms with Crippen LogP contribution in [0.25, 0.3) is 0 Å². The van der Waals surface area contributed by atoms with E-state index in [1.165, 1.54) is 12.7 Å². The van der Waals surface area contributed by atoms with Crippen LogP contribution < -0.4 is 11.2 Å². The van der Waals surface area contributed by atoms with Gasteiger partial charge in [-0.25, -0.2) is 4.79 Å². The Labute approximate surface area is 134 Å². The Balaban J connectivity index is 1.69. The summed E-state index contributed by atoms with van der Waals surface area (Å²) >= 11 is 0. The van der Waals surface area contributed by atoms with Gasteiger partial charge in [-0.15, -0.1) is 0 Å². The molecule has 2 aromatic heterocycles. The molecule has 0 aliphatic carbocycles. The van der Waals surface area contributed by atoms with E-state index in [2.05, 4.69) is 16.1 Å². The minimum Gasteiger partial charge on any atom is -0.299 e. The van der Waals surface area contributed by atoms with Gasteiger partial charge in [0.1, 0.15) is 0 Å². The fourth-order valence-corrected chi connectivity index (χ4v) is 3.33. The summed E-state index contributed by atoms with van der Waals surface area (Å²) in [6, 6.07) is 3.65. The van der Waals surface area contributed by atoms with Gasteiger partial charge in [-0.2, -0.15) is 5.10 Å². The number of aromatic nitrogens is 4. The van der Waals surface area contributed by atoms with Crippen LogP contribution in [0.5, 0.6) is 0 Å². The van der Waals surface area contributed by atoms with E-state index < -0.39 is 0 Å².